The van der Waals surface area contributed by atoms with Crippen LogP contribution < -0.4 is 4.90 Å². The van der Waals surface area contributed by atoms with Crippen molar-refractivity contribution in [1.82, 2.24) is 14.6 Å². The molecule has 21 heavy (non-hydrogen) atoms. The molecule has 0 spiro atoms. The van der Waals surface area contributed by atoms with Gasteiger partial charge in [-0.05, 0) is 33.1 Å². The summed E-state index contributed by atoms with van der Waals surface area (Å²) in [6.45, 7) is 4.34. The van der Waals surface area contributed by atoms with Crippen molar-refractivity contribution in [2.24, 2.45) is 0 Å². The summed E-state index contributed by atoms with van der Waals surface area (Å²) >= 11 is 0. The predicted octanol–water partition coefficient (Wildman–Crippen LogP) is 2.60. The van der Waals surface area contributed by atoms with E-state index in [1.165, 1.54) is 37.1 Å². The molecule has 1 unspecified atom stereocenters. The van der Waals surface area contributed by atoms with Gasteiger partial charge in [-0.25, -0.2) is 4.98 Å². The van der Waals surface area contributed by atoms with Gasteiger partial charge in [0.15, 0.2) is 5.65 Å². The summed E-state index contributed by atoms with van der Waals surface area (Å²) in [4.78, 5) is 7.16. The quantitative estimate of drug-likeness (QED) is 0.806. The second kappa shape index (κ2) is 4.45. The molecule has 1 aliphatic heterocycles. The molecule has 1 saturated carbocycles. The Labute approximate surface area is 124 Å². The number of hydrogen-bond donors (Lipinski definition) is 0. The Hall–Kier alpha value is -2.09. The van der Waals surface area contributed by atoms with E-state index in [2.05, 4.69) is 34.9 Å². The lowest BCUT2D eigenvalue weighted by atomic mass is 10.1. The molecule has 0 radical (unpaired) electrons. The SMILES string of the molecule is Cc1nc2c(C#N)cnn2c2c1CC(C)N2C1CCCC1. The third-order valence-corrected chi connectivity index (χ3v) is 4.98. The van der Waals surface area contributed by atoms with Crippen LogP contribution in [-0.2, 0) is 6.42 Å². The largest absolute Gasteiger partial charge is 0.350 e. The molecule has 2 aliphatic rings. The lowest BCUT2D eigenvalue weighted by Crippen LogP contribution is -2.38. The van der Waals surface area contributed by atoms with Crippen molar-refractivity contribution in [2.75, 3.05) is 4.90 Å². The van der Waals surface area contributed by atoms with E-state index in [4.69, 9.17) is 0 Å². The molecule has 3 heterocycles. The number of nitrogens with zero attached hydrogens (tertiary/aromatic N) is 5. The third kappa shape index (κ3) is 1.68. The van der Waals surface area contributed by atoms with Crippen molar-refractivity contribution in [2.45, 2.75) is 58.0 Å². The minimum absolute atomic E-state index is 0.490. The van der Waals surface area contributed by atoms with Crippen molar-refractivity contribution in [3.63, 3.8) is 0 Å². The molecule has 0 N–H and O–H groups in total. The lowest BCUT2D eigenvalue weighted by Gasteiger charge is -2.31. The molecule has 1 fully saturated rings. The van der Waals surface area contributed by atoms with Gasteiger partial charge in [-0.2, -0.15) is 14.9 Å². The van der Waals surface area contributed by atoms with Crippen LogP contribution in [-0.4, -0.2) is 26.7 Å². The van der Waals surface area contributed by atoms with E-state index in [9.17, 15) is 5.26 Å². The molecule has 0 amide bonds. The van der Waals surface area contributed by atoms with E-state index in [-0.39, 0.29) is 0 Å². The van der Waals surface area contributed by atoms with Crippen molar-refractivity contribution in [3.8, 4) is 6.07 Å². The maximum Gasteiger partial charge on any atom is 0.175 e. The van der Waals surface area contributed by atoms with E-state index in [1.807, 2.05) is 4.52 Å². The van der Waals surface area contributed by atoms with Crippen LogP contribution in [0.2, 0.25) is 0 Å². The number of aryl methyl sites for hydroxylation is 1. The zero-order valence-corrected chi connectivity index (χ0v) is 12.5. The van der Waals surface area contributed by atoms with Gasteiger partial charge in [0.1, 0.15) is 17.5 Å². The van der Waals surface area contributed by atoms with E-state index in [1.54, 1.807) is 6.20 Å². The second-order valence-electron chi connectivity index (χ2n) is 6.30. The molecule has 5 heteroatoms. The van der Waals surface area contributed by atoms with Gasteiger partial charge in [-0.1, -0.05) is 12.8 Å². The molecule has 1 aliphatic carbocycles. The predicted molar refractivity (Wildman–Crippen MR) is 80.3 cm³/mol. The molecule has 0 aromatic carbocycles. The van der Waals surface area contributed by atoms with Crippen LogP contribution in [0.15, 0.2) is 6.20 Å². The average molecular weight is 281 g/mol. The molecule has 2 aromatic heterocycles. The maximum absolute atomic E-state index is 9.24. The van der Waals surface area contributed by atoms with E-state index >= 15 is 0 Å². The first kappa shape index (κ1) is 12.6. The summed E-state index contributed by atoms with van der Waals surface area (Å²) in [6.07, 6.45) is 7.83. The zero-order valence-electron chi connectivity index (χ0n) is 12.5. The van der Waals surface area contributed by atoms with Gasteiger partial charge >= 0.3 is 0 Å². The standard InChI is InChI=1S/C16H19N5/c1-10-7-14-11(2)19-15-12(8-17)9-18-21(15)16(14)20(10)13-5-3-4-6-13/h9-10,13H,3-7H2,1-2H3. The number of hydrogen-bond acceptors (Lipinski definition) is 4. The van der Waals surface area contributed by atoms with Crippen LogP contribution in [0.25, 0.3) is 5.65 Å². The highest BCUT2D eigenvalue weighted by atomic mass is 15.4. The van der Waals surface area contributed by atoms with Crippen LogP contribution in [0.3, 0.4) is 0 Å². The second-order valence-corrected chi connectivity index (χ2v) is 6.30. The van der Waals surface area contributed by atoms with Crippen LogP contribution in [0.1, 0.15) is 49.4 Å². The lowest BCUT2D eigenvalue weighted by molar-refractivity contribution is 0.546. The monoisotopic (exact) mass is 281 g/mol. The van der Waals surface area contributed by atoms with Gasteiger partial charge in [0, 0.05) is 23.3 Å². The molecular formula is C16H19N5. The van der Waals surface area contributed by atoms with Crippen LogP contribution >= 0.6 is 0 Å². The summed E-state index contributed by atoms with van der Waals surface area (Å²) < 4.78 is 1.89. The van der Waals surface area contributed by atoms with Crippen molar-refractivity contribution in [3.05, 3.63) is 23.0 Å². The topological polar surface area (TPSA) is 57.2 Å². The first-order chi connectivity index (χ1) is 10.2. The van der Waals surface area contributed by atoms with Gasteiger partial charge < -0.3 is 4.90 Å². The number of fused-ring (bicyclic) bond motifs is 3. The highest BCUT2D eigenvalue weighted by Crippen LogP contribution is 2.39. The minimum atomic E-state index is 0.490. The summed E-state index contributed by atoms with van der Waals surface area (Å²) in [5.74, 6) is 1.18. The highest BCUT2D eigenvalue weighted by molar-refractivity contribution is 5.66. The molecule has 0 bridgehead atoms. The summed E-state index contributed by atoms with van der Waals surface area (Å²) in [6, 6.07) is 3.30. The number of nitriles is 1. The molecule has 2 aromatic rings. The number of anilines is 1. The van der Waals surface area contributed by atoms with Crippen LogP contribution in [0.5, 0.6) is 0 Å². The third-order valence-electron chi connectivity index (χ3n) is 4.98. The van der Waals surface area contributed by atoms with Gasteiger partial charge in [0.25, 0.3) is 0 Å². The molecule has 108 valence electrons. The Morgan fingerprint density at radius 3 is 2.81 bits per heavy atom. The van der Waals surface area contributed by atoms with Gasteiger partial charge in [-0.15, -0.1) is 0 Å². The Balaban J connectivity index is 1.96. The first-order valence-electron chi connectivity index (χ1n) is 7.76. The Kier molecular flexibility index (Phi) is 2.68. The fourth-order valence-electron chi connectivity index (χ4n) is 4.02. The van der Waals surface area contributed by atoms with Crippen molar-refractivity contribution < 1.29 is 0 Å². The maximum atomic E-state index is 9.24. The smallest absolute Gasteiger partial charge is 0.175 e. The molecule has 0 saturated heterocycles. The normalized spacial score (nSPS) is 22.0. The summed E-state index contributed by atoms with van der Waals surface area (Å²) in [5, 5.41) is 13.7. The Morgan fingerprint density at radius 2 is 2.10 bits per heavy atom. The fraction of sp³-hybridized carbons (Fsp3) is 0.562. The molecule has 4 rings (SSSR count). The van der Waals surface area contributed by atoms with Crippen LogP contribution in [0.4, 0.5) is 5.82 Å². The average Bonchev–Trinajstić information content (AvgIpc) is 3.15. The van der Waals surface area contributed by atoms with E-state index in [0.717, 1.165) is 12.1 Å². The van der Waals surface area contributed by atoms with Crippen molar-refractivity contribution >= 4 is 11.5 Å². The van der Waals surface area contributed by atoms with Gasteiger partial charge in [0.2, 0.25) is 0 Å². The summed E-state index contributed by atoms with van der Waals surface area (Å²) in [7, 11) is 0. The van der Waals surface area contributed by atoms with E-state index < -0.39 is 0 Å². The van der Waals surface area contributed by atoms with Crippen LogP contribution in [0, 0.1) is 18.3 Å². The Morgan fingerprint density at radius 1 is 1.33 bits per heavy atom. The van der Waals surface area contributed by atoms with Gasteiger partial charge in [-0.3, -0.25) is 0 Å². The molecular weight excluding hydrogens is 262 g/mol. The number of rotatable bonds is 1. The Bertz CT molecular complexity index is 748. The van der Waals surface area contributed by atoms with E-state index in [0.29, 0.717) is 23.3 Å². The minimum Gasteiger partial charge on any atom is -0.350 e. The molecule has 1 atom stereocenters. The fourth-order valence-corrected chi connectivity index (χ4v) is 4.02. The zero-order chi connectivity index (χ0) is 14.6. The summed E-state index contributed by atoms with van der Waals surface area (Å²) in [5.41, 5.74) is 3.61. The van der Waals surface area contributed by atoms with Gasteiger partial charge in [0.05, 0.1) is 6.20 Å². The highest BCUT2D eigenvalue weighted by Gasteiger charge is 2.37. The first-order valence-corrected chi connectivity index (χ1v) is 7.76. The molecule has 5 nitrogen and oxygen atoms in total. The van der Waals surface area contributed by atoms with Crippen molar-refractivity contribution in [1.29, 1.82) is 5.26 Å². The number of aromatic nitrogens is 3.